The zero-order valence-corrected chi connectivity index (χ0v) is 20.3. The first kappa shape index (κ1) is 24.4. The molecule has 5 aromatic rings. The Bertz CT molecular complexity index is 1600. The number of hydrogen-bond acceptors (Lipinski definition) is 8. The molecule has 11 nitrogen and oxygen atoms in total. The van der Waals surface area contributed by atoms with Crippen molar-refractivity contribution in [2.45, 2.75) is 6.04 Å². The van der Waals surface area contributed by atoms with Crippen LogP contribution in [0.15, 0.2) is 79.1 Å². The maximum absolute atomic E-state index is 12.9. The summed E-state index contributed by atoms with van der Waals surface area (Å²) in [5, 5.41) is 18.9. The molecule has 38 heavy (non-hydrogen) atoms. The fraction of sp³-hybridized carbons (Fsp3) is 0.111. The highest BCUT2D eigenvalue weighted by atomic mass is 16.4. The van der Waals surface area contributed by atoms with E-state index >= 15 is 0 Å². The minimum atomic E-state index is -1.20. The van der Waals surface area contributed by atoms with Gasteiger partial charge in [-0.1, -0.05) is 30.3 Å². The van der Waals surface area contributed by atoms with Crippen molar-refractivity contribution in [3.8, 4) is 22.6 Å². The highest BCUT2D eigenvalue weighted by Gasteiger charge is 2.21. The van der Waals surface area contributed by atoms with Crippen LogP contribution in [-0.4, -0.2) is 61.5 Å². The normalized spacial score (nSPS) is 11.6. The lowest BCUT2D eigenvalue weighted by Gasteiger charge is -2.15. The summed E-state index contributed by atoms with van der Waals surface area (Å²) in [5.74, 6) is -0.938. The Labute approximate surface area is 217 Å². The Hall–Kier alpha value is -5.32. The number of aliphatic carboxylic acids is 1. The lowest BCUT2D eigenvalue weighted by Crippen LogP contribution is -2.45. The molecule has 5 N–H and O–H groups in total. The van der Waals surface area contributed by atoms with Gasteiger partial charge in [0.15, 0.2) is 0 Å². The molecule has 0 bridgehead atoms. The van der Waals surface area contributed by atoms with Gasteiger partial charge in [0, 0.05) is 48.0 Å². The van der Waals surface area contributed by atoms with Crippen LogP contribution >= 0.6 is 0 Å². The van der Waals surface area contributed by atoms with Crippen molar-refractivity contribution < 1.29 is 14.7 Å². The number of aromatic nitrogens is 5. The molecule has 190 valence electrons. The van der Waals surface area contributed by atoms with E-state index in [9.17, 15) is 14.7 Å². The number of H-pyrrole nitrogens is 1. The van der Waals surface area contributed by atoms with Crippen molar-refractivity contribution in [1.29, 1.82) is 0 Å². The van der Waals surface area contributed by atoms with Crippen LogP contribution in [-0.2, 0) is 4.79 Å². The molecule has 0 radical (unpaired) electrons. The SMILES string of the molecule is CNc1nccc(-c2cc3cc(C(=O)NC(CNc4nccc(-c5ccccc5)n4)C(=O)O)ccc3[nH]2)n1. The van der Waals surface area contributed by atoms with E-state index in [1.807, 2.05) is 36.4 Å². The standard InChI is InChI=1S/C27H24N8O3/c1-28-26-29-12-10-21(35-26)22-14-18-13-17(7-8-19(18)32-22)24(36)33-23(25(37)38)15-31-27-30-11-9-20(34-27)16-5-3-2-4-6-16/h2-14,23,32H,15H2,1H3,(H,33,36)(H,37,38)(H,28,29,35)(H,30,31,34). The van der Waals surface area contributed by atoms with E-state index in [1.165, 1.54) is 0 Å². The third-order valence-electron chi connectivity index (χ3n) is 5.83. The number of carboxylic acid groups (broad SMARTS) is 1. The third-order valence-corrected chi connectivity index (χ3v) is 5.83. The number of carbonyl (C=O) groups is 2. The van der Waals surface area contributed by atoms with Crippen LogP contribution in [0.3, 0.4) is 0 Å². The van der Waals surface area contributed by atoms with E-state index in [2.05, 4.69) is 40.9 Å². The van der Waals surface area contributed by atoms with Crippen LogP contribution in [0.2, 0.25) is 0 Å². The van der Waals surface area contributed by atoms with Gasteiger partial charge in [-0.2, -0.15) is 0 Å². The third kappa shape index (κ3) is 5.41. The van der Waals surface area contributed by atoms with Gasteiger partial charge in [-0.05, 0) is 36.4 Å². The van der Waals surface area contributed by atoms with Crippen LogP contribution < -0.4 is 16.0 Å². The first-order chi connectivity index (χ1) is 18.5. The average Bonchev–Trinajstić information content (AvgIpc) is 3.39. The molecule has 0 aliphatic heterocycles. The van der Waals surface area contributed by atoms with E-state index in [1.54, 1.807) is 49.8 Å². The molecule has 1 atom stereocenters. The number of carboxylic acids is 1. The summed E-state index contributed by atoms with van der Waals surface area (Å²) < 4.78 is 0. The first-order valence-electron chi connectivity index (χ1n) is 11.8. The van der Waals surface area contributed by atoms with Gasteiger partial charge in [0.05, 0.1) is 17.1 Å². The quantitative estimate of drug-likeness (QED) is 0.201. The van der Waals surface area contributed by atoms with Gasteiger partial charge < -0.3 is 26.0 Å². The molecular weight excluding hydrogens is 484 g/mol. The van der Waals surface area contributed by atoms with Gasteiger partial charge in [0.25, 0.3) is 5.91 Å². The van der Waals surface area contributed by atoms with Crippen molar-refractivity contribution in [1.82, 2.24) is 30.2 Å². The number of fused-ring (bicyclic) bond motifs is 1. The van der Waals surface area contributed by atoms with E-state index < -0.39 is 17.9 Å². The molecule has 0 aliphatic rings. The van der Waals surface area contributed by atoms with Crippen molar-refractivity contribution in [2.75, 3.05) is 24.2 Å². The summed E-state index contributed by atoms with van der Waals surface area (Å²) in [7, 11) is 1.74. The fourth-order valence-electron chi connectivity index (χ4n) is 3.89. The number of anilines is 2. The van der Waals surface area contributed by atoms with E-state index in [4.69, 9.17) is 0 Å². The second-order valence-electron chi connectivity index (χ2n) is 8.38. The van der Waals surface area contributed by atoms with Crippen molar-refractivity contribution in [3.05, 3.63) is 84.7 Å². The largest absolute Gasteiger partial charge is 0.480 e. The maximum Gasteiger partial charge on any atom is 0.328 e. The molecule has 0 fully saturated rings. The van der Waals surface area contributed by atoms with E-state index in [-0.39, 0.29) is 12.5 Å². The van der Waals surface area contributed by atoms with Gasteiger partial charge in [-0.25, -0.2) is 24.7 Å². The predicted octanol–water partition coefficient (Wildman–Crippen LogP) is 3.42. The minimum absolute atomic E-state index is 0.0998. The lowest BCUT2D eigenvalue weighted by molar-refractivity contribution is -0.138. The molecule has 0 saturated heterocycles. The maximum atomic E-state index is 12.9. The number of carbonyl (C=O) groups excluding carboxylic acids is 1. The Morgan fingerprint density at radius 2 is 1.66 bits per heavy atom. The van der Waals surface area contributed by atoms with Crippen LogP contribution in [0.4, 0.5) is 11.9 Å². The number of hydrogen-bond donors (Lipinski definition) is 5. The first-order valence-corrected chi connectivity index (χ1v) is 11.8. The topological polar surface area (TPSA) is 158 Å². The molecule has 3 aromatic heterocycles. The van der Waals surface area contributed by atoms with Gasteiger partial charge in [-0.3, -0.25) is 4.79 Å². The average molecular weight is 509 g/mol. The summed E-state index contributed by atoms with van der Waals surface area (Å²) in [6.45, 7) is -0.0998. The number of aromatic amines is 1. The second kappa shape index (κ2) is 10.7. The molecule has 2 aromatic carbocycles. The van der Waals surface area contributed by atoms with Crippen molar-refractivity contribution in [2.24, 2.45) is 0 Å². The summed E-state index contributed by atoms with van der Waals surface area (Å²) in [4.78, 5) is 45.2. The number of nitrogens with one attached hydrogen (secondary N) is 4. The Balaban J connectivity index is 1.28. The lowest BCUT2D eigenvalue weighted by atomic mass is 10.1. The highest BCUT2D eigenvalue weighted by molar-refractivity contribution is 6.00. The molecule has 0 saturated carbocycles. The minimum Gasteiger partial charge on any atom is -0.480 e. The van der Waals surface area contributed by atoms with Crippen molar-refractivity contribution in [3.63, 3.8) is 0 Å². The number of amides is 1. The van der Waals surface area contributed by atoms with Gasteiger partial charge in [0.1, 0.15) is 6.04 Å². The van der Waals surface area contributed by atoms with Crippen LogP contribution in [0.5, 0.6) is 0 Å². The molecule has 1 amide bonds. The van der Waals surface area contributed by atoms with Gasteiger partial charge in [-0.15, -0.1) is 0 Å². The molecule has 0 aliphatic carbocycles. The number of benzene rings is 2. The molecular formula is C27H24N8O3. The summed E-state index contributed by atoms with van der Waals surface area (Å²) >= 11 is 0. The molecule has 1 unspecified atom stereocenters. The summed E-state index contributed by atoms with van der Waals surface area (Å²) in [6.07, 6.45) is 3.25. The second-order valence-corrected chi connectivity index (χ2v) is 8.38. The summed E-state index contributed by atoms with van der Waals surface area (Å²) in [6, 6.07) is 18.9. The van der Waals surface area contributed by atoms with Crippen LogP contribution in [0.1, 0.15) is 10.4 Å². The molecule has 0 spiro atoms. The van der Waals surface area contributed by atoms with Crippen LogP contribution in [0, 0.1) is 0 Å². The van der Waals surface area contributed by atoms with Crippen LogP contribution in [0.25, 0.3) is 33.5 Å². The monoisotopic (exact) mass is 508 g/mol. The van der Waals surface area contributed by atoms with E-state index in [0.29, 0.717) is 22.9 Å². The number of rotatable bonds is 9. The Morgan fingerprint density at radius 3 is 2.42 bits per heavy atom. The predicted molar refractivity (Wildman–Crippen MR) is 144 cm³/mol. The van der Waals surface area contributed by atoms with E-state index in [0.717, 1.165) is 22.2 Å². The molecule has 11 heteroatoms. The fourth-order valence-corrected chi connectivity index (χ4v) is 3.89. The highest BCUT2D eigenvalue weighted by Crippen LogP contribution is 2.24. The van der Waals surface area contributed by atoms with Crippen molar-refractivity contribution >= 4 is 34.7 Å². The molecule has 3 heterocycles. The number of nitrogens with zero attached hydrogens (tertiary/aromatic N) is 4. The Morgan fingerprint density at radius 1 is 0.921 bits per heavy atom. The summed E-state index contributed by atoms with van der Waals surface area (Å²) in [5.41, 5.74) is 4.21. The zero-order chi connectivity index (χ0) is 26.5. The Kier molecular flexibility index (Phi) is 6.89. The zero-order valence-electron chi connectivity index (χ0n) is 20.3. The van der Waals surface area contributed by atoms with Gasteiger partial charge in [0.2, 0.25) is 11.9 Å². The smallest absolute Gasteiger partial charge is 0.328 e. The molecule has 5 rings (SSSR count). The van der Waals surface area contributed by atoms with Gasteiger partial charge >= 0.3 is 5.97 Å².